The van der Waals surface area contributed by atoms with Crippen LogP contribution in [0.4, 0.5) is 11.4 Å². The number of nitrogens with one attached hydrogen (secondary N) is 1. The molecule has 5 nitrogen and oxygen atoms in total. The Morgan fingerprint density at radius 3 is 3.00 bits per heavy atom. The van der Waals surface area contributed by atoms with Crippen LogP contribution in [0.15, 0.2) is 22.7 Å². The van der Waals surface area contributed by atoms with Crippen molar-refractivity contribution in [1.82, 2.24) is 4.90 Å². The predicted octanol–water partition coefficient (Wildman–Crippen LogP) is 3.25. The van der Waals surface area contributed by atoms with Crippen LogP contribution in [0, 0.1) is 10.1 Å². The summed E-state index contributed by atoms with van der Waals surface area (Å²) in [4.78, 5) is 12.8. The molecule has 1 unspecified atom stereocenters. The van der Waals surface area contributed by atoms with Crippen LogP contribution in [-0.2, 0) is 0 Å². The van der Waals surface area contributed by atoms with Gasteiger partial charge in [0.2, 0.25) is 0 Å². The molecular formula is C13H18BrN3O2. The number of non-ortho nitro benzene ring substituents is 1. The van der Waals surface area contributed by atoms with Crippen LogP contribution in [0.25, 0.3) is 0 Å². The molecule has 1 aromatic rings. The lowest BCUT2D eigenvalue weighted by molar-refractivity contribution is -0.384. The Kier molecular flexibility index (Phi) is 4.76. The Morgan fingerprint density at radius 2 is 2.37 bits per heavy atom. The monoisotopic (exact) mass is 327 g/mol. The number of halogens is 1. The molecule has 0 aliphatic carbocycles. The summed E-state index contributed by atoms with van der Waals surface area (Å²) < 4.78 is 0.739. The number of likely N-dealkylation sites (tertiary alicyclic amines) is 1. The van der Waals surface area contributed by atoms with Crippen molar-refractivity contribution in [3.8, 4) is 0 Å². The molecule has 104 valence electrons. The summed E-state index contributed by atoms with van der Waals surface area (Å²) in [5.74, 6) is 0. The van der Waals surface area contributed by atoms with Gasteiger partial charge in [0, 0.05) is 34.9 Å². The number of likely N-dealkylation sites (N-methyl/N-ethyl adjacent to an activating group) is 1. The quantitative estimate of drug-likeness (QED) is 0.666. The van der Waals surface area contributed by atoms with E-state index in [1.54, 1.807) is 6.07 Å². The molecule has 6 heteroatoms. The number of nitro groups is 1. The highest BCUT2D eigenvalue weighted by Crippen LogP contribution is 2.27. The van der Waals surface area contributed by atoms with Gasteiger partial charge in [0.05, 0.1) is 4.92 Å². The minimum atomic E-state index is -0.385. The average Bonchev–Trinajstić information content (AvgIpc) is 2.84. The van der Waals surface area contributed by atoms with E-state index >= 15 is 0 Å². The van der Waals surface area contributed by atoms with Gasteiger partial charge < -0.3 is 5.32 Å². The maximum absolute atomic E-state index is 10.7. The molecule has 1 aromatic carbocycles. The van der Waals surface area contributed by atoms with Crippen molar-refractivity contribution in [3.05, 3.63) is 32.8 Å². The highest BCUT2D eigenvalue weighted by molar-refractivity contribution is 9.10. The maximum Gasteiger partial charge on any atom is 0.270 e. The molecule has 1 N–H and O–H groups in total. The van der Waals surface area contributed by atoms with E-state index in [0.29, 0.717) is 6.04 Å². The molecule has 0 saturated carbocycles. The number of hydrogen-bond donors (Lipinski definition) is 1. The van der Waals surface area contributed by atoms with Crippen LogP contribution < -0.4 is 5.32 Å². The van der Waals surface area contributed by atoms with E-state index in [2.05, 4.69) is 33.1 Å². The fourth-order valence-electron chi connectivity index (χ4n) is 2.53. The minimum absolute atomic E-state index is 0.105. The Bertz CT molecular complexity index is 467. The van der Waals surface area contributed by atoms with Crippen molar-refractivity contribution in [2.75, 3.05) is 25.0 Å². The van der Waals surface area contributed by atoms with Gasteiger partial charge in [0.25, 0.3) is 5.69 Å². The molecular weight excluding hydrogens is 310 g/mol. The molecule has 1 aliphatic heterocycles. The first-order chi connectivity index (χ1) is 9.11. The Balaban J connectivity index is 1.98. The Hall–Kier alpha value is -1.14. The van der Waals surface area contributed by atoms with E-state index in [1.807, 2.05) is 0 Å². The van der Waals surface area contributed by atoms with Crippen LogP contribution in [0.1, 0.15) is 19.8 Å². The largest absolute Gasteiger partial charge is 0.383 e. The van der Waals surface area contributed by atoms with Crippen LogP contribution in [0.2, 0.25) is 0 Å². The van der Waals surface area contributed by atoms with Gasteiger partial charge in [0.1, 0.15) is 0 Å². The van der Waals surface area contributed by atoms with Crippen molar-refractivity contribution in [3.63, 3.8) is 0 Å². The fourth-order valence-corrected chi connectivity index (χ4v) is 3.04. The molecule has 0 radical (unpaired) electrons. The second-order valence-corrected chi connectivity index (χ2v) is 5.58. The summed E-state index contributed by atoms with van der Waals surface area (Å²) in [6.07, 6.45) is 2.47. The number of nitro benzene ring substituents is 1. The van der Waals surface area contributed by atoms with Gasteiger partial charge in [-0.25, -0.2) is 0 Å². The molecule has 1 atom stereocenters. The van der Waals surface area contributed by atoms with Gasteiger partial charge in [0.15, 0.2) is 0 Å². The highest BCUT2D eigenvalue weighted by Gasteiger charge is 2.22. The zero-order valence-electron chi connectivity index (χ0n) is 10.9. The fraction of sp³-hybridized carbons (Fsp3) is 0.538. The molecule has 0 bridgehead atoms. The third-order valence-electron chi connectivity index (χ3n) is 3.60. The second-order valence-electron chi connectivity index (χ2n) is 4.73. The summed E-state index contributed by atoms with van der Waals surface area (Å²) in [5.41, 5.74) is 1.02. The summed E-state index contributed by atoms with van der Waals surface area (Å²) in [6, 6.07) is 5.38. The first kappa shape index (κ1) is 14.3. The third kappa shape index (κ3) is 3.45. The van der Waals surface area contributed by atoms with Crippen LogP contribution in [-0.4, -0.2) is 35.5 Å². The molecule has 1 fully saturated rings. The minimum Gasteiger partial charge on any atom is -0.383 e. The van der Waals surface area contributed by atoms with E-state index in [1.165, 1.54) is 31.5 Å². The zero-order chi connectivity index (χ0) is 13.8. The number of anilines is 1. The van der Waals surface area contributed by atoms with Gasteiger partial charge in [-0.1, -0.05) is 6.92 Å². The lowest BCUT2D eigenvalue weighted by Crippen LogP contribution is -2.34. The maximum atomic E-state index is 10.7. The Morgan fingerprint density at radius 1 is 1.58 bits per heavy atom. The van der Waals surface area contributed by atoms with E-state index in [-0.39, 0.29) is 10.6 Å². The number of rotatable bonds is 5. The van der Waals surface area contributed by atoms with Gasteiger partial charge >= 0.3 is 0 Å². The molecule has 2 rings (SSSR count). The van der Waals surface area contributed by atoms with E-state index in [0.717, 1.165) is 23.2 Å². The van der Waals surface area contributed by atoms with Gasteiger partial charge in [-0.3, -0.25) is 15.0 Å². The SMILES string of the molecule is CCN1CCCC1CNc1ccc([N+](=O)[O-])cc1Br. The standard InChI is InChI=1S/C13H18BrN3O2/c1-2-16-7-3-4-11(16)9-15-13-6-5-10(17(18)19)8-12(13)14/h5-6,8,11,15H,2-4,7,9H2,1H3. The number of nitrogens with zero attached hydrogens (tertiary/aromatic N) is 2. The van der Waals surface area contributed by atoms with Crippen LogP contribution in [0.3, 0.4) is 0 Å². The van der Waals surface area contributed by atoms with Crippen LogP contribution >= 0.6 is 15.9 Å². The Labute approximate surface area is 121 Å². The van der Waals surface area contributed by atoms with E-state index < -0.39 is 0 Å². The van der Waals surface area contributed by atoms with E-state index in [4.69, 9.17) is 0 Å². The zero-order valence-corrected chi connectivity index (χ0v) is 12.5. The van der Waals surface area contributed by atoms with Crippen molar-refractivity contribution in [2.45, 2.75) is 25.8 Å². The molecule has 1 aliphatic rings. The summed E-state index contributed by atoms with van der Waals surface area (Å²) in [7, 11) is 0. The molecule has 0 spiro atoms. The van der Waals surface area contributed by atoms with Crippen LogP contribution in [0.5, 0.6) is 0 Å². The third-order valence-corrected chi connectivity index (χ3v) is 4.25. The first-order valence-electron chi connectivity index (χ1n) is 6.53. The lowest BCUT2D eigenvalue weighted by atomic mass is 10.2. The lowest BCUT2D eigenvalue weighted by Gasteiger charge is -2.23. The summed E-state index contributed by atoms with van der Waals surface area (Å²) >= 11 is 3.38. The topological polar surface area (TPSA) is 58.4 Å². The molecule has 1 saturated heterocycles. The summed E-state index contributed by atoms with van der Waals surface area (Å²) in [6.45, 7) is 5.31. The second kappa shape index (κ2) is 6.34. The van der Waals surface area contributed by atoms with Gasteiger partial charge in [-0.05, 0) is 47.9 Å². The molecule has 1 heterocycles. The van der Waals surface area contributed by atoms with Crippen molar-refractivity contribution in [1.29, 1.82) is 0 Å². The van der Waals surface area contributed by atoms with Crippen molar-refractivity contribution >= 4 is 27.3 Å². The van der Waals surface area contributed by atoms with Gasteiger partial charge in [-0.15, -0.1) is 0 Å². The predicted molar refractivity (Wildman–Crippen MR) is 79.6 cm³/mol. The number of hydrogen-bond acceptors (Lipinski definition) is 4. The van der Waals surface area contributed by atoms with Crippen molar-refractivity contribution in [2.24, 2.45) is 0 Å². The summed E-state index contributed by atoms with van der Waals surface area (Å²) in [5, 5.41) is 14.0. The van der Waals surface area contributed by atoms with Crippen molar-refractivity contribution < 1.29 is 4.92 Å². The highest BCUT2D eigenvalue weighted by atomic mass is 79.9. The molecule has 0 aromatic heterocycles. The smallest absolute Gasteiger partial charge is 0.270 e. The normalized spacial score (nSPS) is 19.6. The van der Waals surface area contributed by atoms with Gasteiger partial charge in [-0.2, -0.15) is 0 Å². The number of benzene rings is 1. The average molecular weight is 328 g/mol. The molecule has 19 heavy (non-hydrogen) atoms. The van der Waals surface area contributed by atoms with E-state index in [9.17, 15) is 10.1 Å². The molecule has 0 amide bonds. The first-order valence-corrected chi connectivity index (χ1v) is 7.33.